The van der Waals surface area contributed by atoms with E-state index in [2.05, 4.69) is 31.9 Å². The summed E-state index contributed by atoms with van der Waals surface area (Å²) in [6.45, 7) is 8.94. The molecular formula is C51H78N10O12. The van der Waals surface area contributed by atoms with Crippen LogP contribution in [0, 0.1) is 11.8 Å². The van der Waals surface area contributed by atoms with Gasteiger partial charge >= 0.3 is 0 Å². The van der Waals surface area contributed by atoms with Crippen LogP contribution in [0.2, 0.25) is 0 Å². The predicted molar refractivity (Wildman–Crippen MR) is 271 cm³/mol. The zero-order chi connectivity index (χ0) is 54.0. The molecule has 22 nitrogen and oxygen atoms in total. The summed E-state index contributed by atoms with van der Waals surface area (Å²) in [6, 6.07) is 8.00. The molecule has 7 atom stereocenters. The number of aromatic hydroxyl groups is 1. The number of Topliss-reactive ketones (excluding diaryl/α,β-unsaturated/α-hetero) is 1. The Morgan fingerprint density at radius 3 is 1.95 bits per heavy atom. The van der Waals surface area contributed by atoms with Crippen molar-refractivity contribution in [3.05, 3.63) is 65.7 Å². The molecule has 0 aliphatic carbocycles. The fourth-order valence-electron chi connectivity index (χ4n) is 8.07. The number of likely N-dealkylation sites (tertiary alicyclic amines) is 1. The molecule has 0 spiro atoms. The summed E-state index contributed by atoms with van der Waals surface area (Å²) in [7, 11) is 0. The van der Waals surface area contributed by atoms with Gasteiger partial charge < -0.3 is 68.6 Å². The van der Waals surface area contributed by atoms with Crippen LogP contribution in [0.3, 0.4) is 0 Å². The molecule has 2 aromatic rings. The quantitative estimate of drug-likeness (QED) is 0.0398. The van der Waals surface area contributed by atoms with Crippen molar-refractivity contribution < 1.29 is 57.7 Å². The van der Waals surface area contributed by atoms with Crippen molar-refractivity contribution in [3.8, 4) is 5.75 Å². The van der Waals surface area contributed by atoms with Crippen LogP contribution < -0.4 is 49.1 Å². The highest BCUT2D eigenvalue weighted by atomic mass is 16.5. The Morgan fingerprint density at radius 1 is 0.726 bits per heavy atom. The fraction of sp³-hybridized carbons (Fsp3) is 0.588. The lowest BCUT2D eigenvalue weighted by molar-refractivity contribution is -0.139. The SMILES string of the molecule is CC(=O)[C@H](CC(C)C)NC(=O)[C@H](CCCN)NC(=O)[C@@H](NC(=O)[C@H](Cc1ccc(O)cc1)NC(=O)[C@H](CCC(N)=O)NC(=O)COCCOCCNC(=O)C1CCCN1C(=O)[C@H](N)Cc1ccccc1)C(C)C. The Bertz CT molecular complexity index is 2130. The van der Waals surface area contributed by atoms with Gasteiger partial charge in [-0.25, -0.2) is 0 Å². The lowest BCUT2D eigenvalue weighted by Crippen LogP contribution is -2.60. The lowest BCUT2D eigenvalue weighted by Gasteiger charge is -2.29. The maximum absolute atomic E-state index is 14.1. The van der Waals surface area contributed by atoms with Gasteiger partial charge in [-0.1, -0.05) is 70.2 Å². The van der Waals surface area contributed by atoms with Crippen LogP contribution in [-0.4, -0.2) is 151 Å². The molecule has 13 N–H and O–H groups in total. The Hall–Kier alpha value is -6.49. The van der Waals surface area contributed by atoms with Gasteiger partial charge in [-0.2, -0.15) is 0 Å². The van der Waals surface area contributed by atoms with Gasteiger partial charge in [0.1, 0.15) is 42.6 Å². The molecule has 404 valence electrons. The minimum atomic E-state index is -1.37. The first kappa shape index (κ1) is 60.8. The molecule has 1 fully saturated rings. The number of phenols is 1. The molecular weight excluding hydrogens is 945 g/mol. The summed E-state index contributed by atoms with van der Waals surface area (Å²) in [5, 5.41) is 26.0. The first-order valence-electron chi connectivity index (χ1n) is 25.0. The number of carbonyl (C=O) groups is 9. The normalized spacial score (nSPS) is 15.8. The molecule has 73 heavy (non-hydrogen) atoms. The minimum absolute atomic E-state index is 0.0424. The maximum atomic E-state index is 14.1. The van der Waals surface area contributed by atoms with E-state index < -0.39 is 90.3 Å². The summed E-state index contributed by atoms with van der Waals surface area (Å²) in [5.74, 6) is -5.77. The van der Waals surface area contributed by atoms with Crippen LogP contribution in [0.15, 0.2) is 54.6 Å². The van der Waals surface area contributed by atoms with Crippen LogP contribution in [0.4, 0.5) is 0 Å². The first-order valence-corrected chi connectivity index (χ1v) is 25.0. The summed E-state index contributed by atoms with van der Waals surface area (Å²) >= 11 is 0. The third-order valence-corrected chi connectivity index (χ3v) is 12.0. The smallest absolute Gasteiger partial charge is 0.246 e. The molecule has 1 heterocycles. The van der Waals surface area contributed by atoms with Gasteiger partial charge in [-0.3, -0.25) is 43.2 Å². The predicted octanol–water partition coefficient (Wildman–Crippen LogP) is -0.635. The van der Waals surface area contributed by atoms with E-state index in [9.17, 15) is 48.3 Å². The molecule has 1 unspecified atom stereocenters. The molecule has 1 aliphatic heterocycles. The topological polar surface area (TPSA) is 346 Å². The van der Waals surface area contributed by atoms with Gasteiger partial charge in [-0.05, 0) is 93.5 Å². The second kappa shape index (κ2) is 31.9. The van der Waals surface area contributed by atoms with E-state index in [1.807, 2.05) is 44.2 Å². The molecule has 0 bridgehead atoms. The van der Waals surface area contributed by atoms with Crippen molar-refractivity contribution in [2.45, 2.75) is 135 Å². The van der Waals surface area contributed by atoms with Gasteiger partial charge in [-0.15, -0.1) is 0 Å². The number of hydrogen-bond acceptors (Lipinski definition) is 14. The minimum Gasteiger partial charge on any atom is -0.508 e. The van der Waals surface area contributed by atoms with Crippen LogP contribution in [0.1, 0.15) is 90.7 Å². The Balaban J connectivity index is 1.59. The first-order chi connectivity index (χ1) is 34.7. The zero-order valence-electron chi connectivity index (χ0n) is 42.8. The van der Waals surface area contributed by atoms with E-state index in [1.165, 1.54) is 36.1 Å². The second-order valence-corrected chi connectivity index (χ2v) is 19.0. The van der Waals surface area contributed by atoms with Crippen LogP contribution in [0.5, 0.6) is 5.75 Å². The molecule has 0 saturated carbocycles. The number of ether oxygens (including phenoxy) is 2. The number of nitrogens with one attached hydrogen (secondary N) is 6. The van der Waals surface area contributed by atoms with Crippen molar-refractivity contribution in [2.24, 2.45) is 29.0 Å². The van der Waals surface area contributed by atoms with Gasteiger partial charge in [0.05, 0.1) is 31.9 Å². The Labute approximate surface area is 427 Å². The van der Waals surface area contributed by atoms with E-state index in [0.717, 1.165) is 5.56 Å². The average molecular weight is 1020 g/mol. The van der Waals surface area contributed by atoms with Crippen molar-refractivity contribution >= 4 is 53.0 Å². The number of primary amides is 1. The number of nitrogens with two attached hydrogens (primary N) is 3. The van der Waals surface area contributed by atoms with Crippen LogP contribution in [0.25, 0.3) is 0 Å². The average Bonchev–Trinajstić information content (AvgIpc) is 3.84. The van der Waals surface area contributed by atoms with E-state index in [-0.39, 0.29) is 87.9 Å². The third-order valence-electron chi connectivity index (χ3n) is 12.0. The molecule has 0 radical (unpaired) electrons. The van der Waals surface area contributed by atoms with Crippen molar-refractivity contribution in [1.29, 1.82) is 0 Å². The van der Waals surface area contributed by atoms with Crippen LogP contribution >= 0.6 is 0 Å². The summed E-state index contributed by atoms with van der Waals surface area (Å²) in [5.41, 5.74) is 18.8. The Kier molecular flexibility index (Phi) is 26.5. The summed E-state index contributed by atoms with van der Waals surface area (Å²) < 4.78 is 11.0. The molecule has 8 amide bonds. The van der Waals surface area contributed by atoms with Crippen molar-refractivity contribution in [1.82, 2.24) is 36.8 Å². The number of benzene rings is 2. The largest absolute Gasteiger partial charge is 0.508 e. The highest BCUT2D eigenvalue weighted by molar-refractivity contribution is 5.97. The van der Waals surface area contributed by atoms with E-state index in [0.29, 0.717) is 44.2 Å². The molecule has 1 aliphatic rings. The molecule has 0 aromatic heterocycles. The number of hydrogen-bond donors (Lipinski definition) is 10. The third kappa shape index (κ3) is 22.0. The molecule has 2 aromatic carbocycles. The maximum Gasteiger partial charge on any atom is 0.246 e. The van der Waals surface area contributed by atoms with E-state index in [1.54, 1.807) is 13.8 Å². The number of amides is 8. The fourth-order valence-corrected chi connectivity index (χ4v) is 8.07. The standard InChI is InChI=1S/C51H78N10O12/c1-31(2)27-40(33(5)62)58-46(66)38(13-9-21-52)57-50(70)45(32(3)4)60-48(68)41(29-35-15-17-36(63)18-16-35)59-47(67)39(19-20-43(54)64)56-44(65)30-73-26-25-72-24-22-55-49(69)42-14-10-23-61(42)51(71)37(53)28-34-11-7-6-8-12-34/h6-8,11-12,15-18,31-32,37-42,45,63H,9-10,13-14,19-30,52-53H2,1-5H3,(H2,54,64)(H,55,69)(H,56,65)(H,57,70)(H,58,66)(H,59,67)(H,60,68)/t37-,38+,39+,40+,41+,42?,45+/m1/s1. The van der Waals surface area contributed by atoms with Gasteiger partial charge in [0, 0.05) is 25.9 Å². The lowest BCUT2D eigenvalue weighted by atomic mass is 9.99. The highest BCUT2D eigenvalue weighted by Gasteiger charge is 2.37. The monoisotopic (exact) mass is 1020 g/mol. The number of carbonyl (C=O) groups excluding carboxylic acids is 9. The molecule has 3 rings (SSSR count). The number of nitrogens with zero attached hydrogens (tertiary/aromatic N) is 1. The Morgan fingerprint density at radius 2 is 1.33 bits per heavy atom. The summed E-state index contributed by atoms with van der Waals surface area (Å²) in [6.07, 6.45) is 1.75. The van der Waals surface area contributed by atoms with Crippen molar-refractivity contribution in [3.63, 3.8) is 0 Å². The van der Waals surface area contributed by atoms with E-state index in [4.69, 9.17) is 26.7 Å². The van der Waals surface area contributed by atoms with E-state index >= 15 is 0 Å². The molecule has 22 heteroatoms. The second-order valence-electron chi connectivity index (χ2n) is 19.0. The summed E-state index contributed by atoms with van der Waals surface area (Å²) in [4.78, 5) is 120. The van der Waals surface area contributed by atoms with Gasteiger partial charge in [0.25, 0.3) is 0 Å². The van der Waals surface area contributed by atoms with Crippen molar-refractivity contribution in [2.75, 3.05) is 46.1 Å². The van der Waals surface area contributed by atoms with Crippen LogP contribution in [-0.2, 0) is 65.5 Å². The van der Waals surface area contributed by atoms with Gasteiger partial charge in [0.15, 0.2) is 5.78 Å². The number of rotatable bonds is 33. The highest BCUT2D eigenvalue weighted by Crippen LogP contribution is 2.20. The number of ketones is 1. The zero-order valence-corrected chi connectivity index (χ0v) is 42.8. The van der Waals surface area contributed by atoms with Gasteiger partial charge in [0.2, 0.25) is 47.3 Å². The number of phenolic OH excluding ortho intramolecular Hbond substituents is 1. The molecule has 1 saturated heterocycles.